The predicted molar refractivity (Wildman–Crippen MR) is 64.1 cm³/mol. The fourth-order valence-corrected chi connectivity index (χ4v) is 3.32. The number of rotatable bonds is 2. The van der Waals surface area contributed by atoms with E-state index >= 15 is 0 Å². The summed E-state index contributed by atoms with van der Waals surface area (Å²) in [6, 6.07) is 0.427. The van der Waals surface area contributed by atoms with Gasteiger partial charge in [-0.15, -0.1) is 0 Å². The minimum atomic E-state index is -0.162. The van der Waals surface area contributed by atoms with Crippen LogP contribution in [-0.2, 0) is 4.79 Å². The van der Waals surface area contributed by atoms with Crippen molar-refractivity contribution in [2.24, 2.45) is 5.41 Å². The van der Waals surface area contributed by atoms with Gasteiger partial charge < -0.3 is 10.6 Å². The first kappa shape index (κ1) is 11.3. The van der Waals surface area contributed by atoms with Crippen molar-refractivity contribution in [3.63, 3.8) is 0 Å². The molecule has 1 amide bonds. The number of amides is 1. The summed E-state index contributed by atoms with van der Waals surface area (Å²) in [5.41, 5.74) is -0.162. The zero-order valence-corrected chi connectivity index (χ0v) is 10.2. The number of thioether (sulfide) groups is 1. The van der Waals surface area contributed by atoms with Crippen LogP contribution >= 0.6 is 11.8 Å². The second-order valence-corrected chi connectivity index (χ2v) is 6.07. The van der Waals surface area contributed by atoms with Crippen molar-refractivity contribution in [3.8, 4) is 0 Å². The average molecular weight is 228 g/mol. The van der Waals surface area contributed by atoms with E-state index in [1.165, 1.54) is 11.5 Å². The van der Waals surface area contributed by atoms with E-state index < -0.39 is 0 Å². The molecule has 0 spiro atoms. The summed E-state index contributed by atoms with van der Waals surface area (Å²) in [7, 11) is 0. The van der Waals surface area contributed by atoms with Crippen LogP contribution < -0.4 is 10.6 Å². The third-order valence-electron chi connectivity index (χ3n) is 3.47. The molecule has 86 valence electrons. The van der Waals surface area contributed by atoms with Gasteiger partial charge in [-0.05, 0) is 44.2 Å². The molecule has 2 N–H and O–H groups in total. The van der Waals surface area contributed by atoms with Crippen LogP contribution in [0.2, 0.25) is 0 Å². The lowest BCUT2D eigenvalue weighted by Gasteiger charge is -2.28. The quantitative estimate of drug-likeness (QED) is 0.741. The Morgan fingerprint density at radius 3 is 2.80 bits per heavy atom. The van der Waals surface area contributed by atoms with Gasteiger partial charge >= 0.3 is 0 Å². The Balaban J connectivity index is 1.85. The van der Waals surface area contributed by atoms with Gasteiger partial charge in [0, 0.05) is 12.6 Å². The zero-order chi connectivity index (χ0) is 10.7. The molecule has 2 fully saturated rings. The van der Waals surface area contributed by atoms with E-state index in [4.69, 9.17) is 0 Å². The number of carbonyl (C=O) groups is 1. The summed E-state index contributed by atoms with van der Waals surface area (Å²) >= 11 is 1.99. The molecule has 2 rings (SSSR count). The van der Waals surface area contributed by atoms with Crippen LogP contribution in [0.3, 0.4) is 0 Å². The molecular formula is C11H20N2OS. The summed E-state index contributed by atoms with van der Waals surface area (Å²) in [5, 5.41) is 6.48. The highest BCUT2D eigenvalue weighted by Crippen LogP contribution is 2.26. The Bertz CT molecular complexity index is 233. The molecule has 2 aliphatic rings. The molecule has 15 heavy (non-hydrogen) atoms. The van der Waals surface area contributed by atoms with Crippen LogP contribution in [0.25, 0.3) is 0 Å². The van der Waals surface area contributed by atoms with Gasteiger partial charge in [0.05, 0.1) is 5.41 Å². The molecule has 3 nitrogen and oxygen atoms in total. The van der Waals surface area contributed by atoms with Crippen molar-refractivity contribution in [2.45, 2.75) is 32.2 Å². The van der Waals surface area contributed by atoms with Crippen molar-refractivity contribution in [1.82, 2.24) is 10.6 Å². The Morgan fingerprint density at radius 2 is 2.20 bits per heavy atom. The second-order valence-electron chi connectivity index (χ2n) is 4.85. The highest BCUT2D eigenvalue weighted by Gasteiger charge is 2.37. The SMILES string of the molecule is CC1(C(=O)NC2CCSCC2)CCNC1. The van der Waals surface area contributed by atoms with Gasteiger partial charge in [-0.2, -0.15) is 11.8 Å². The Labute approximate surface area is 95.8 Å². The van der Waals surface area contributed by atoms with Gasteiger partial charge in [0.2, 0.25) is 5.91 Å². The van der Waals surface area contributed by atoms with Gasteiger partial charge in [-0.1, -0.05) is 0 Å². The first-order valence-electron chi connectivity index (χ1n) is 5.80. The van der Waals surface area contributed by atoms with Crippen LogP contribution in [0.4, 0.5) is 0 Å². The number of hydrogen-bond donors (Lipinski definition) is 2. The summed E-state index contributed by atoms with van der Waals surface area (Å²) in [6.07, 6.45) is 3.25. The van der Waals surface area contributed by atoms with Gasteiger partial charge in [0.15, 0.2) is 0 Å². The molecule has 0 bridgehead atoms. The standard InChI is InChI=1S/C11H20N2OS/c1-11(4-5-12-8-11)10(14)13-9-2-6-15-7-3-9/h9,12H,2-8H2,1H3,(H,13,14). The van der Waals surface area contributed by atoms with E-state index in [1.54, 1.807) is 0 Å². The van der Waals surface area contributed by atoms with Crippen LogP contribution in [0, 0.1) is 5.41 Å². The normalized spacial score (nSPS) is 32.9. The van der Waals surface area contributed by atoms with E-state index in [1.807, 2.05) is 11.8 Å². The summed E-state index contributed by atoms with van der Waals surface area (Å²) < 4.78 is 0. The van der Waals surface area contributed by atoms with Crippen LogP contribution in [-0.4, -0.2) is 36.5 Å². The fraction of sp³-hybridized carbons (Fsp3) is 0.909. The van der Waals surface area contributed by atoms with E-state index in [2.05, 4.69) is 17.6 Å². The monoisotopic (exact) mass is 228 g/mol. The van der Waals surface area contributed by atoms with Gasteiger partial charge in [0.1, 0.15) is 0 Å². The predicted octanol–water partition coefficient (Wildman–Crippen LogP) is 0.998. The molecule has 2 heterocycles. The van der Waals surface area contributed by atoms with Crippen LogP contribution in [0.1, 0.15) is 26.2 Å². The third-order valence-corrected chi connectivity index (χ3v) is 4.52. The molecule has 4 heteroatoms. The first-order valence-corrected chi connectivity index (χ1v) is 6.96. The molecule has 2 aliphatic heterocycles. The van der Waals surface area contributed by atoms with E-state index in [-0.39, 0.29) is 11.3 Å². The number of nitrogens with one attached hydrogen (secondary N) is 2. The van der Waals surface area contributed by atoms with E-state index in [0.717, 1.165) is 32.4 Å². The van der Waals surface area contributed by atoms with Gasteiger partial charge in [-0.3, -0.25) is 4.79 Å². The fourth-order valence-electron chi connectivity index (χ4n) is 2.21. The lowest BCUT2D eigenvalue weighted by atomic mass is 9.88. The molecule has 1 atom stereocenters. The Kier molecular flexibility index (Phi) is 3.57. The maximum absolute atomic E-state index is 12.1. The summed E-state index contributed by atoms with van der Waals surface area (Å²) in [5.74, 6) is 2.64. The average Bonchev–Trinajstić information content (AvgIpc) is 2.68. The van der Waals surface area contributed by atoms with Crippen LogP contribution in [0.15, 0.2) is 0 Å². The molecule has 0 aromatic heterocycles. The molecule has 1 unspecified atom stereocenters. The highest BCUT2D eigenvalue weighted by molar-refractivity contribution is 7.99. The topological polar surface area (TPSA) is 41.1 Å². The van der Waals surface area contributed by atoms with Crippen molar-refractivity contribution < 1.29 is 4.79 Å². The van der Waals surface area contributed by atoms with Crippen molar-refractivity contribution in [2.75, 3.05) is 24.6 Å². The second kappa shape index (κ2) is 4.74. The minimum Gasteiger partial charge on any atom is -0.353 e. The minimum absolute atomic E-state index is 0.162. The van der Waals surface area contributed by atoms with E-state index in [9.17, 15) is 4.79 Å². The lowest BCUT2D eigenvalue weighted by Crippen LogP contribution is -2.46. The Hall–Kier alpha value is -0.220. The van der Waals surface area contributed by atoms with Crippen molar-refractivity contribution in [3.05, 3.63) is 0 Å². The molecule has 0 radical (unpaired) electrons. The molecular weight excluding hydrogens is 208 g/mol. The van der Waals surface area contributed by atoms with Crippen molar-refractivity contribution in [1.29, 1.82) is 0 Å². The van der Waals surface area contributed by atoms with Crippen LogP contribution in [0.5, 0.6) is 0 Å². The molecule has 0 aromatic carbocycles. The van der Waals surface area contributed by atoms with E-state index in [0.29, 0.717) is 6.04 Å². The highest BCUT2D eigenvalue weighted by atomic mass is 32.2. The molecule has 0 aromatic rings. The first-order chi connectivity index (χ1) is 7.21. The smallest absolute Gasteiger partial charge is 0.227 e. The maximum Gasteiger partial charge on any atom is 0.227 e. The van der Waals surface area contributed by atoms with Gasteiger partial charge in [0.25, 0.3) is 0 Å². The van der Waals surface area contributed by atoms with Crippen molar-refractivity contribution >= 4 is 17.7 Å². The van der Waals surface area contributed by atoms with Gasteiger partial charge in [-0.25, -0.2) is 0 Å². The maximum atomic E-state index is 12.1. The largest absolute Gasteiger partial charge is 0.353 e. The lowest BCUT2D eigenvalue weighted by molar-refractivity contribution is -0.130. The molecule has 0 aliphatic carbocycles. The third kappa shape index (κ3) is 2.67. The molecule has 2 saturated heterocycles. The Morgan fingerprint density at radius 1 is 1.47 bits per heavy atom. The number of carbonyl (C=O) groups excluding carboxylic acids is 1. The zero-order valence-electron chi connectivity index (χ0n) is 9.34. The summed E-state index contributed by atoms with van der Waals surface area (Å²) in [6.45, 7) is 3.88. The number of hydrogen-bond acceptors (Lipinski definition) is 3. The summed E-state index contributed by atoms with van der Waals surface area (Å²) in [4.78, 5) is 12.1. The molecule has 0 saturated carbocycles.